The molecular weight excluding hydrogens is 562 g/mol. The minimum absolute atomic E-state index is 0. The molecule has 8 heteroatoms. The summed E-state index contributed by atoms with van der Waals surface area (Å²) in [7, 11) is 0. The summed E-state index contributed by atoms with van der Waals surface area (Å²) in [6.45, 7) is 8.10. The SMILES string of the molecule is CCCCCCCCCCCCCCCCCCNC(=O)Oc1ccccc1CCC(=O)NCCCN1CCOCC1.[Cl-]. The van der Waals surface area contributed by atoms with Crippen LogP contribution in [0.25, 0.3) is 0 Å². The Morgan fingerprint density at radius 1 is 0.744 bits per heavy atom. The predicted molar refractivity (Wildman–Crippen MR) is 173 cm³/mol. The molecule has 0 unspecified atom stereocenters. The van der Waals surface area contributed by atoms with Crippen LogP contribution in [-0.4, -0.2) is 62.8 Å². The summed E-state index contributed by atoms with van der Waals surface area (Å²) in [6.07, 6.45) is 22.8. The van der Waals surface area contributed by atoms with E-state index in [1.807, 2.05) is 18.2 Å². The van der Waals surface area contributed by atoms with Crippen LogP contribution in [0.15, 0.2) is 24.3 Å². The van der Waals surface area contributed by atoms with Crippen molar-refractivity contribution in [2.24, 2.45) is 0 Å². The number of hydrogen-bond acceptors (Lipinski definition) is 5. The molecule has 1 fully saturated rings. The van der Waals surface area contributed by atoms with Crippen molar-refractivity contribution in [1.82, 2.24) is 15.5 Å². The molecule has 0 aliphatic carbocycles. The first-order chi connectivity index (χ1) is 20.7. The molecule has 248 valence electrons. The lowest BCUT2D eigenvalue weighted by Gasteiger charge is -2.26. The first kappa shape index (κ1) is 39.2. The standard InChI is InChI=1S/C35H61N3O4.ClH/c1-2-3-4-5-6-7-8-9-10-11-12-13-14-15-16-19-25-37-35(40)42-33-22-18-17-21-32(33)23-24-34(39)36-26-20-27-38-28-30-41-31-29-38;/h17-18,21-22H,2-16,19-20,23-31H2,1H3,(H,36,39)(H,37,40);1H/p-1. The normalized spacial score (nSPS) is 13.3. The molecule has 0 saturated carbocycles. The lowest BCUT2D eigenvalue weighted by Crippen LogP contribution is -3.00. The maximum Gasteiger partial charge on any atom is 0.412 e. The molecule has 0 radical (unpaired) electrons. The highest BCUT2D eigenvalue weighted by molar-refractivity contribution is 5.76. The second kappa shape index (κ2) is 27.7. The van der Waals surface area contributed by atoms with Crippen molar-refractivity contribution in [1.29, 1.82) is 0 Å². The molecule has 1 aliphatic rings. The van der Waals surface area contributed by atoms with Crippen molar-refractivity contribution < 1.29 is 31.5 Å². The van der Waals surface area contributed by atoms with Gasteiger partial charge in [0.1, 0.15) is 5.75 Å². The van der Waals surface area contributed by atoms with E-state index in [0.29, 0.717) is 31.7 Å². The number of hydrogen-bond donors (Lipinski definition) is 2. The zero-order valence-corrected chi connectivity index (χ0v) is 27.9. The van der Waals surface area contributed by atoms with E-state index in [1.165, 1.54) is 89.9 Å². The molecule has 1 saturated heterocycles. The number of halogens is 1. The fourth-order valence-corrected chi connectivity index (χ4v) is 5.50. The number of carbonyl (C=O) groups is 2. The van der Waals surface area contributed by atoms with Gasteiger partial charge in [0.15, 0.2) is 0 Å². The highest BCUT2D eigenvalue weighted by atomic mass is 35.5. The van der Waals surface area contributed by atoms with Crippen LogP contribution in [-0.2, 0) is 16.0 Å². The van der Waals surface area contributed by atoms with Crippen LogP contribution in [0.5, 0.6) is 5.75 Å². The van der Waals surface area contributed by atoms with Crippen molar-refractivity contribution in [3.8, 4) is 5.75 Å². The van der Waals surface area contributed by atoms with Gasteiger partial charge in [0.2, 0.25) is 5.91 Å². The fraction of sp³-hybridized carbons (Fsp3) is 0.771. The van der Waals surface area contributed by atoms with Crippen LogP contribution in [0.4, 0.5) is 4.79 Å². The van der Waals surface area contributed by atoms with Crippen LogP contribution in [0.1, 0.15) is 128 Å². The number of amides is 2. The van der Waals surface area contributed by atoms with E-state index in [-0.39, 0.29) is 18.3 Å². The predicted octanol–water partition coefficient (Wildman–Crippen LogP) is 4.81. The molecular formula is C35H61ClN3O4-. The summed E-state index contributed by atoms with van der Waals surface area (Å²) >= 11 is 0. The highest BCUT2D eigenvalue weighted by Gasteiger charge is 2.12. The Morgan fingerprint density at radius 2 is 1.28 bits per heavy atom. The number of morpholine rings is 1. The number of nitrogens with zero attached hydrogens (tertiary/aromatic N) is 1. The largest absolute Gasteiger partial charge is 1.00 e. The molecule has 0 aromatic heterocycles. The van der Waals surface area contributed by atoms with Crippen molar-refractivity contribution >= 4 is 12.0 Å². The minimum Gasteiger partial charge on any atom is -1.00 e. The Hall–Kier alpha value is -1.83. The number of unbranched alkanes of at least 4 members (excludes halogenated alkanes) is 15. The molecule has 7 nitrogen and oxygen atoms in total. The zero-order valence-electron chi connectivity index (χ0n) is 27.2. The second-order valence-corrected chi connectivity index (χ2v) is 11.9. The van der Waals surface area contributed by atoms with Gasteiger partial charge in [-0.3, -0.25) is 9.69 Å². The maximum absolute atomic E-state index is 12.3. The molecule has 1 aromatic rings. The first-order valence-electron chi connectivity index (χ1n) is 17.3. The van der Waals surface area contributed by atoms with E-state index >= 15 is 0 Å². The number of benzene rings is 1. The third-order valence-electron chi connectivity index (χ3n) is 8.17. The molecule has 2 amide bonds. The van der Waals surface area contributed by atoms with Gasteiger partial charge in [0.05, 0.1) is 13.2 Å². The number of aryl methyl sites for hydroxylation is 1. The number of rotatable bonds is 25. The van der Waals surface area contributed by atoms with Crippen LogP contribution < -0.4 is 27.8 Å². The number of carbonyl (C=O) groups excluding carboxylic acids is 2. The highest BCUT2D eigenvalue weighted by Crippen LogP contribution is 2.20. The number of nitrogens with one attached hydrogen (secondary N) is 2. The number of para-hydroxylation sites is 1. The summed E-state index contributed by atoms with van der Waals surface area (Å²) in [5.74, 6) is 0.557. The van der Waals surface area contributed by atoms with Gasteiger partial charge < -0.3 is 32.5 Å². The quantitative estimate of drug-likeness (QED) is 0.153. The van der Waals surface area contributed by atoms with E-state index in [0.717, 1.165) is 57.7 Å². The first-order valence-corrected chi connectivity index (χ1v) is 17.3. The molecule has 1 aromatic carbocycles. The van der Waals surface area contributed by atoms with Crippen LogP contribution >= 0.6 is 0 Å². The van der Waals surface area contributed by atoms with Crippen molar-refractivity contribution in [2.45, 2.75) is 129 Å². The van der Waals surface area contributed by atoms with E-state index in [2.05, 4.69) is 22.5 Å². The van der Waals surface area contributed by atoms with Gasteiger partial charge in [-0.15, -0.1) is 0 Å². The van der Waals surface area contributed by atoms with Crippen LogP contribution in [0, 0.1) is 0 Å². The Balaban J connectivity index is 0.00000924. The Bertz CT molecular complexity index is 820. The van der Waals surface area contributed by atoms with E-state index < -0.39 is 6.09 Å². The van der Waals surface area contributed by atoms with E-state index in [4.69, 9.17) is 9.47 Å². The summed E-state index contributed by atoms with van der Waals surface area (Å²) < 4.78 is 10.9. The topological polar surface area (TPSA) is 79.9 Å². The van der Waals surface area contributed by atoms with Gasteiger partial charge in [-0.05, 0) is 37.4 Å². The summed E-state index contributed by atoms with van der Waals surface area (Å²) in [5, 5.41) is 5.89. The van der Waals surface area contributed by atoms with Crippen molar-refractivity contribution in [2.75, 3.05) is 45.9 Å². The van der Waals surface area contributed by atoms with Gasteiger partial charge in [0.25, 0.3) is 0 Å². The third kappa shape index (κ3) is 21.5. The average Bonchev–Trinajstić information content (AvgIpc) is 3.01. The lowest BCUT2D eigenvalue weighted by atomic mass is 10.0. The Morgan fingerprint density at radius 3 is 1.88 bits per heavy atom. The van der Waals surface area contributed by atoms with Gasteiger partial charge >= 0.3 is 6.09 Å². The lowest BCUT2D eigenvalue weighted by molar-refractivity contribution is -0.121. The van der Waals surface area contributed by atoms with Gasteiger partial charge in [-0.2, -0.15) is 0 Å². The second-order valence-electron chi connectivity index (χ2n) is 11.9. The Labute approximate surface area is 269 Å². The van der Waals surface area contributed by atoms with Crippen molar-refractivity contribution in [3.05, 3.63) is 29.8 Å². The summed E-state index contributed by atoms with van der Waals surface area (Å²) in [4.78, 5) is 27.0. The molecule has 2 rings (SSSR count). The van der Waals surface area contributed by atoms with E-state index in [9.17, 15) is 9.59 Å². The van der Waals surface area contributed by atoms with Crippen molar-refractivity contribution in [3.63, 3.8) is 0 Å². The number of ether oxygens (including phenoxy) is 2. The molecule has 2 N–H and O–H groups in total. The van der Waals surface area contributed by atoms with Gasteiger partial charge in [-0.25, -0.2) is 4.79 Å². The smallest absolute Gasteiger partial charge is 0.412 e. The molecule has 1 heterocycles. The summed E-state index contributed by atoms with van der Waals surface area (Å²) in [6, 6.07) is 7.48. The third-order valence-corrected chi connectivity index (χ3v) is 8.17. The molecule has 0 bridgehead atoms. The van der Waals surface area contributed by atoms with Gasteiger partial charge in [0, 0.05) is 32.6 Å². The maximum atomic E-state index is 12.3. The van der Waals surface area contributed by atoms with E-state index in [1.54, 1.807) is 6.07 Å². The molecule has 0 spiro atoms. The molecule has 1 aliphatic heterocycles. The zero-order chi connectivity index (χ0) is 29.9. The van der Waals surface area contributed by atoms with Crippen LogP contribution in [0.3, 0.4) is 0 Å². The molecule has 43 heavy (non-hydrogen) atoms. The van der Waals surface area contributed by atoms with Gasteiger partial charge in [-0.1, -0.05) is 121 Å². The Kier molecular flexibility index (Phi) is 25.2. The molecule has 0 atom stereocenters. The summed E-state index contributed by atoms with van der Waals surface area (Å²) in [5.41, 5.74) is 0.874. The minimum atomic E-state index is -0.420. The monoisotopic (exact) mass is 622 g/mol. The fourth-order valence-electron chi connectivity index (χ4n) is 5.50. The van der Waals surface area contributed by atoms with Crippen LogP contribution in [0.2, 0.25) is 0 Å². The average molecular weight is 623 g/mol.